The highest BCUT2D eigenvalue weighted by molar-refractivity contribution is 5.10. The normalized spacial score (nSPS) is 16.6. The van der Waals surface area contributed by atoms with Gasteiger partial charge in [-0.1, -0.05) is 20.8 Å². The Morgan fingerprint density at radius 2 is 1.70 bits per heavy atom. The van der Waals surface area contributed by atoms with Crippen molar-refractivity contribution in [3.63, 3.8) is 0 Å². The zero-order valence-electron chi connectivity index (χ0n) is 16.9. The lowest BCUT2D eigenvalue weighted by atomic mass is 9.92. The summed E-state index contributed by atoms with van der Waals surface area (Å²) in [6.07, 6.45) is 3.63. The highest BCUT2D eigenvalue weighted by Gasteiger charge is 2.19. The third kappa shape index (κ3) is 5.43. The predicted octanol–water partition coefficient (Wildman–Crippen LogP) is 1.46. The zero-order valence-corrected chi connectivity index (χ0v) is 16.9. The molecule has 27 heavy (non-hydrogen) atoms. The van der Waals surface area contributed by atoms with Crippen LogP contribution in [0.5, 0.6) is 0 Å². The first-order chi connectivity index (χ1) is 12.8. The standard InChI is InChI=1S/C20H30N6O/c1-16-13-21-14-17(22-16)15-25-9-7-24(8-10-25)11-12-26-19(27)6-5-18(23-26)20(2,3)4/h5-6,13-14H,7-12,15H2,1-4H3. The second-order valence-corrected chi connectivity index (χ2v) is 8.30. The van der Waals surface area contributed by atoms with E-state index in [0.717, 1.165) is 56.4 Å². The van der Waals surface area contributed by atoms with Crippen LogP contribution in [0.25, 0.3) is 0 Å². The van der Waals surface area contributed by atoms with Crippen LogP contribution in [0.3, 0.4) is 0 Å². The van der Waals surface area contributed by atoms with Crippen molar-refractivity contribution in [2.45, 2.75) is 46.2 Å². The van der Waals surface area contributed by atoms with Crippen molar-refractivity contribution in [3.05, 3.63) is 52.0 Å². The number of piperazine rings is 1. The first-order valence-electron chi connectivity index (χ1n) is 9.62. The number of aromatic nitrogens is 4. The molecule has 0 atom stereocenters. The molecule has 1 aliphatic rings. The maximum absolute atomic E-state index is 12.1. The van der Waals surface area contributed by atoms with Crippen LogP contribution in [0.2, 0.25) is 0 Å². The van der Waals surface area contributed by atoms with Gasteiger partial charge < -0.3 is 0 Å². The van der Waals surface area contributed by atoms with Gasteiger partial charge in [-0.25, -0.2) is 4.68 Å². The fourth-order valence-electron chi connectivity index (χ4n) is 3.24. The van der Waals surface area contributed by atoms with Crippen LogP contribution in [0.4, 0.5) is 0 Å². The van der Waals surface area contributed by atoms with E-state index in [-0.39, 0.29) is 11.0 Å². The summed E-state index contributed by atoms with van der Waals surface area (Å²) in [6.45, 7) is 14.6. The molecule has 0 aliphatic carbocycles. The van der Waals surface area contributed by atoms with Gasteiger partial charge in [-0.3, -0.25) is 24.6 Å². The van der Waals surface area contributed by atoms with Crippen molar-refractivity contribution in [2.75, 3.05) is 32.7 Å². The summed E-state index contributed by atoms with van der Waals surface area (Å²) >= 11 is 0. The summed E-state index contributed by atoms with van der Waals surface area (Å²) in [5.41, 5.74) is 2.85. The van der Waals surface area contributed by atoms with E-state index in [1.807, 2.05) is 19.2 Å². The number of hydrogen-bond acceptors (Lipinski definition) is 6. The van der Waals surface area contributed by atoms with Gasteiger partial charge >= 0.3 is 0 Å². The molecule has 0 amide bonds. The maximum Gasteiger partial charge on any atom is 0.266 e. The Morgan fingerprint density at radius 3 is 2.37 bits per heavy atom. The number of nitrogens with zero attached hydrogens (tertiary/aromatic N) is 6. The molecule has 7 nitrogen and oxygen atoms in total. The molecular weight excluding hydrogens is 340 g/mol. The Kier molecular flexibility index (Phi) is 6.01. The topological polar surface area (TPSA) is 67.2 Å². The molecule has 0 spiro atoms. The smallest absolute Gasteiger partial charge is 0.266 e. The molecule has 7 heteroatoms. The van der Waals surface area contributed by atoms with E-state index in [0.29, 0.717) is 6.54 Å². The fourth-order valence-corrected chi connectivity index (χ4v) is 3.24. The Morgan fingerprint density at radius 1 is 1.00 bits per heavy atom. The lowest BCUT2D eigenvalue weighted by Crippen LogP contribution is -2.47. The highest BCUT2D eigenvalue weighted by Crippen LogP contribution is 2.18. The summed E-state index contributed by atoms with van der Waals surface area (Å²) in [7, 11) is 0. The zero-order chi connectivity index (χ0) is 19.4. The lowest BCUT2D eigenvalue weighted by Gasteiger charge is -2.34. The van der Waals surface area contributed by atoms with Gasteiger partial charge in [0.05, 0.1) is 23.6 Å². The second kappa shape index (κ2) is 8.27. The lowest BCUT2D eigenvalue weighted by molar-refractivity contribution is 0.121. The van der Waals surface area contributed by atoms with E-state index in [9.17, 15) is 4.79 Å². The molecule has 2 aromatic rings. The first-order valence-corrected chi connectivity index (χ1v) is 9.62. The van der Waals surface area contributed by atoms with Gasteiger partial charge in [-0.2, -0.15) is 5.10 Å². The monoisotopic (exact) mass is 370 g/mol. The van der Waals surface area contributed by atoms with Gasteiger partial charge in [0.25, 0.3) is 5.56 Å². The molecule has 0 aromatic carbocycles. The fraction of sp³-hybridized carbons (Fsp3) is 0.600. The largest absolute Gasteiger partial charge is 0.299 e. The van der Waals surface area contributed by atoms with Crippen molar-refractivity contribution in [2.24, 2.45) is 0 Å². The number of rotatable bonds is 5. The molecule has 0 radical (unpaired) electrons. The predicted molar refractivity (Wildman–Crippen MR) is 106 cm³/mol. The molecule has 1 fully saturated rings. The van der Waals surface area contributed by atoms with Gasteiger partial charge in [0.1, 0.15) is 0 Å². The molecule has 0 unspecified atom stereocenters. The van der Waals surface area contributed by atoms with Crippen LogP contribution >= 0.6 is 0 Å². The van der Waals surface area contributed by atoms with E-state index < -0.39 is 0 Å². The minimum Gasteiger partial charge on any atom is -0.299 e. The molecule has 1 aliphatic heterocycles. The van der Waals surface area contributed by atoms with E-state index in [1.165, 1.54) is 0 Å². The molecule has 146 valence electrons. The van der Waals surface area contributed by atoms with Gasteiger partial charge in [0, 0.05) is 63.1 Å². The summed E-state index contributed by atoms with van der Waals surface area (Å²) < 4.78 is 1.61. The van der Waals surface area contributed by atoms with Crippen LogP contribution in [-0.2, 0) is 18.5 Å². The van der Waals surface area contributed by atoms with Crippen LogP contribution < -0.4 is 5.56 Å². The van der Waals surface area contributed by atoms with Crippen molar-refractivity contribution < 1.29 is 0 Å². The maximum atomic E-state index is 12.1. The van der Waals surface area contributed by atoms with Crippen LogP contribution in [0.15, 0.2) is 29.3 Å². The van der Waals surface area contributed by atoms with Crippen molar-refractivity contribution in [1.29, 1.82) is 0 Å². The van der Waals surface area contributed by atoms with E-state index in [4.69, 9.17) is 0 Å². The second-order valence-electron chi connectivity index (χ2n) is 8.30. The van der Waals surface area contributed by atoms with Crippen molar-refractivity contribution >= 4 is 0 Å². The average Bonchev–Trinajstić information content (AvgIpc) is 2.61. The SMILES string of the molecule is Cc1cncc(CN2CCN(CCn3nc(C(C)(C)C)ccc3=O)CC2)n1. The van der Waals surface area contributed by atoms with Crippen LogP contribution in [0.1, 0.15) is 37.9 Å². The van der Waals surface area contributed by atoms with Crippen molar-refractivity contribution in [1.82, 2.24) is 29.5 Å². The van der Waals surface area contributed by atoms with Gasteiger partial charge in [0.2, 0.25) is 0 Å². The summed E-state index contributed by atoms with van der Waals surface area (Å²) in [5.74, 6) is 0. The van der Waals surface area contributed by atoms with Gasteiger partial charge in [-0.05, 0) is 13.0 Å². The van der Waals surface area contributed by atoms with E-state index in [1.54, 1.807) is 16.9 Å². The third-order valence-corrected chi connectivity index (χ3v) is 4.92. The number of hydrogen-bond donors (Lipinski definition) is 0. The quantitative estimate of drug-likeness (QED) is 0.794. The van der Waals surface area contributed by atoms with Crippen molar-refractivity contribution in [3.8, 4) is 0 Å². The molecule has 3 rings (SSSR count). The third-order valence-electron chi connectivity index (χ3n) is 4.92. The molecular formula is C20H30N6O. The molecule has 1 saturated heterocycles. The molecule has 3 heterocycles. The highest BCUT2D eigenvalue weighted by atomic mass is 16.1. The summed E-state index contributed by atoms with van der Waals surface area (Å²) in [4.78, 5) is 25.7. The minimum absolute atomic E-state index is 0.0281. The Labute approximate surface area is 161 Å². The number of aryl methyl sites for hydroxylation is 1. The van der Waals surface area contributed by atoms with Gasteiger partial charge in [0.15, 0.2) is 0 Å². The van der Waals surface area contributed by atoms with E-state index in [2.05, 4.69) is 45.6 Å². The Balaban J connectivity index is 1.51. The molecule has 0 saturated carbocycles. The molecule has 0 bridgehead atoms. The molecule has 2 aromatic heterocycles. The molecule has 0 N–H and O–H groups in total. The Hall–Kier alpha value is -2.12. The van der Waals surface area contributed by atoms with Crippen LogP contribution in [-0.4, -0.2) is 62.3 Å². The minimum atomic E-state index is -0.0558. The average molecular weight is 371 g/mol. The Bertz CT molecular complexity index is 818. The summed E-state index contributed by atoms with van der Waals surface area (Å²) in [5, 5.41) is 4.56. The first kappa shape index (κ1) is 19.6. The van der Waals surface area contributed by atoms with E-state index >= 15 is 0 Å². The summed E-state index contributed by atoms with van der Waals surface area (Å²) in [6, 6.07) is 3.47. The van der Waals surface area contributed by atoms with Gasteiger partial charge in [-0.15, -0.1) is 0 Å². The van der Waals surface area contributed by atoms with Crippen LogP contribution in [0, 0.1) is 6.92 Å².